The second kappa shape index (κ2) is 7.38. The summed E-state index contributed by atoms with van der Waals surface area (Å²) < 4.78 is 5.22. The molecule has 22 heavy (non-hydrogen) atoms. The SMILES string of the molecule is CC(C)(C)OC(=O)NCC(CO)CC1CSc2ccccc21. The maximum absolute atomic E-state index is 11.7. The van der Waals surface area contributed by atoms with E-state index in [9.17, 15) is 9.90 Å². The van der Waals surface area contributed by atoms with Gasteiger partial charge in [-0.05, 0) is 44.7 Å². The third kappa shape index (κ3) is 4.92. The summed E-state index contributed by atoms with van der Waals surface area (Å²) in [7, 11) is 0. The zero-order chi connectivity index (χ0) is 16.2. The van der Waals surface area contributed by atoms with Crippen LogP contribution in [0.15, 0.2) is 29.2 Å². The molecule has 0 radical (unpaired) electrons. The van der Waals surface area contributed by atoms with Crippen molar-refractivity contribution in [3.63, 3.8) is 0 Å². The summed E-state index contributed by atoms with van der Waals surface area (Å²) in [5, 5.41) is 12.3. The number of carbonyl (C=O) groups is 1. The smallest absolute Gasteiger partial charge is 0.407 e. The molecule has 122 valence electrons. The molecule has 2 atom stereocenters. The largest absolute Gasteiger partial charge is 0.444 e. The molecule has 5 heteroatoms. The van der Waals surface area contributed by atoms with Gasteiger partial charge in [0.05, 0.1) is 0 Å². The Balaban J connectivity index is 1.85. The molecule has 2 N–H and O–H groups in total. The minimum absolute atomic E-state index is 0.0456. The molecule has 0 spiro atoms. The number of aliphatic hydroxyl groups is 1. The van der Waals surface area contributed by atoms with E-state index in [1.54, 1.807) is 0 Å². The lowest BCUT2D eigenvalue weighted by molar-refractivity contribution is 0.0510. The fraction of sp³-hybridized carbons (Fsp3) is 0.588. The lowest BCUT2D eigenvalue weighted by atomic mass is 9.90. The van der Waals surface area contributed by atoms with Crippen molar-refractivity contribution in [2.75, 3.05) is 18.9 Å². The third-order valence-corrected chi connectivity index (χ3v) is 4.86. The Bertz CT molecular complexity index is 513. The van der Waals surface area contributed by atoms with Gasteiger partial charge in [0.2, 0.25) is 0 Å². The Morgan fingerprint density at radius 1 is 1.45 bits per heavy atom. The minimum Gasteiger partial charge on any atom is -0.444 e. The number of nitrogens with one attached hydrogen (secondary N) is 1. The molecule has 1 heterocycles. The highest BCUT2D eigenvalue weighted by molar-refractivity contribution is 7.99. The predicted molar refractivity (Wildman–Crippen MR) is 89.3 cm³/mol. The number of ether oxygens (including phenoxy) is 1. The fourth-order valence-corrected chi connectivity index (χ4v) is 3.86. The first-order valence-corrected chi connectivity index (χ1v) is 8.67. The number of carbonyl (C=O) groups excluding carboxylic acids is 1. The highest BCUT2D eigenvalue weighted by Gasteiger charge is 2.26. The second-order valence-electron chi connectivity index (χ2n) is 6.71. The van der Waals surface area contributed by atoms with Gasteiger partial charge in [0.15, 0.2) is 0 Å². The molecule has 0 aromatic heterocycles. The molecule has 2 unspecified atom stereocenters. The minimum atomic E-state index is -0.500. The third-order valence-electron chi connectivity index (χ3n) is 3.61. The van der Waals surface area contributed by atoms with Crippen molar-refractivity contribution >= 4 is 17.9 Å². The molecule has 0 fully saturated rings. The quantitative estimate of drug-likeness (QED) is 0.872. The van der Waals surface area contributed by atoms with Crippen LogP contribution < -0.4 is 5.32 Å². The number of benzene rings is 1. The Morgan fingerprint density at radius 3 is 2.86 bits per heavy atom. The fourth-order valence-electron chi connectivity index (χ4n) is 2.59. The summed E-state index contributed by atoms with van der Waals surface area (Å²) in [6.45, 7) is 6.02. The summed E-state index contributed by atoms with van der Waals surface area (Å²) in [6, 6.07) is 8.43. The van der Waals surface area contributed by atoms with Gasteiger partial charge in [0.25, 0.3) is 0 Å². The molecule has 4 nitrogen and oxygen atoms in total. The summed E-state index contributed by atoms with van der Waals surface area (Å²) in [6.07, 6.45) is 0.447. The number of hydrogen-bond acceptors (Lipinski definition) is 4. The average molecular weight is 323 g/mol. The van der Waals surface area contributed by atoms with Crippen LogP contribution in [0, 0.1) is 5.92 Å². The van der Waals surface area contributed by atoms with Crippen LogP contribution in [0.4, 0.5) is 4.79 Å². The van der Waals surface area contributed by atoms with Gasteiger partial charge in [-0.2, -0.15) is 0 Å². The van der Waals surface area contributed by atoms with E-state index in [4.69, 9.17) is 4.74 Å². The van der Waals surface area contributed by atoms with Crippen molar-refractivity contribution in [3.8, 4) is 0 Å². The average Bonchev–Trinajstić information content (AvgIpc) is 2.85. The van der Waals surface area contributed by atoms with Crippen molar-refractivity contribution in [1.29, 1.82) is 0 Å². The van der Waals surface area contributed by atoms with Gasteiger partial charge >= 0.3 is 6.09 Å². The van der Waals surface area contributed by atoms with Crippen LogP contribution >= 0.6 is 11.8 Å². The lowest BCUT2D eigenvalue weighted by Crippen LogP contribution is -2.36. The van der Waals surface area contributed by atoms with E-state index in [0.29, 0.717) is 12.5 Å². The van der Waals surface area contributed by atoms with Gasteiger partial charge in [0.1, 0.15) is 5.60 Å². The molecule has 1 aliphatic heterocycles. The van der Waals surface area contributed by atoms with Gasteiger partial charge in [0, 0.05) is 29.7 Å². The molecular formula is C17H25NO3S. The second-order valence-corrected chi connectivity index (χ2v) is 7.77. The van der Waals surface area contributed by atoms with Crippen LogP contribution in [0.3, 0.4) is 0 Å². The van der Waals surface area contributed by atoms with Crippen LogP contribution in [-0.2, 0) is 4.74 Å². The maximum atomic E-state index is 11.7. The van der Waals surface area contributed by atoms with E-state index >= 15 is 0 Å². The number of amides is 1. The molecule has 0 bridgehead atoms. The van der Waals surface area contributed by atoms with E-state index in [0.717, 1.165) is 12.2 Å². The Kier molecular flexibility index (Phi) is 5.75. The van der Waals surface area contributed by atoms with Crippen LogP contribution in [0.5, 0.6) is 0 Å². The molecule has 0 saturated carbocycles. The van der Waals surface area contributed by atoms with Crippen LogP contribution in [0.25, 0.3) is 0 Å². The molecule has 2 rings (SSSR count). The number of thioether (sulfide) groups is 1. The maximum Gasteiger partial charge on any atom is 0.407 e. The highest BCUT2D eigenvalue weighted by atomic mass is 32.2. The van der Waals surface area contributed by atoms with E-state index in [-0.39, 0.29) is 12.5 Å². The first-order chi connectivity index (χ1) is 10.4. The van der Waals surface area contributed by atoms with Crippen molar-refractivity contribution in [2.24, 2.45) is 5.92 Å². The lowest BCUT2D eigenvalue weighted by Gasteiger charge is -2.22. The van der Waals surface area contributed by atoms with Crippen LogP contribution in [-0.4, -0.2) is 35.7 Å². The molecule has 1 aliphatic rings. The van der Waals surface area contributed by atoms with Crippen molar-refractivity contribution < 1.29 is 14.6 Å². The molecule has 1 aromatic carbocycles. The summed E-state index contributed by atoms with van der Waals surface area (Å²) in [5.74, 6) is 1.53. The van der Waals surface area contributed by atoms with Crippen molar-refractivity contribution in [2.45, 2.75) is 43.6 Å². The van der Waals surface area contributed by atoms with Gasteiger partial charge in [-0.3, -0.25) is 0 Å². The standard InChI is InChI=1S/C17H25NO3S/c1-17(2,3)21-16(20)18-9-12(10-19)8-13-11-22-15-7-5-4-6-14(13)15/h4-7,12-13,19H,8-11H2,1-3H3,(H,18,20). The van der Waals surface area contributed by atoms with Gasteiger partial charge in [-0.1, -0.05) is 18.2 Å². The Labute approximate surface area is 136 Å². The number of hydrogen-bond donors (Lipinski definition) is 2. The number of alkyl carbamates (subject to hydrolysis) is 1. The summed E-state index contributed by atoms with van der Waals surface area (Å²) in [5.41, 5.74) is 0.864. The normalized spacial score (nSPS) is 18.6. The predicted octanol–water partition coefficient (Wildman–Crippen LogP) is 3.40. The molecular weight excluding hydrogens is 298 g/mol. The zero-order valence-corrected chi connectivity index (χ0v) is 14.3. The molecule has 0 aliphatic carbocycles. The summed E-state index contributed by atoms with van der Waals surface area (Å²) in [4.78, 5) is 13.0. The number of rotatable bonds is 5. The van der Waals surface area contributed by atoms with E-state index < -0.39 is 11.7 Å². The van der Waals surface area contributed by atoms with Gasteiger partial charge in [-0.15, -0.1) is 11.8 Å². The van der Waals surface area contributed by atoms with Gasteiger partial charge < -0.3 is 15.2 Å². The topological polar surface area (TPSA) is 58.6 Å². The summed E-state index contributed by atoms with van der Waals surface area (Å²) >= 11 is 1.87. The molecule has 1 amide bonds. The van der Waals surface area contributed by atoms with Crippen molar-refractivity contribution in [1.82, 2.24) is 5.32 Å². The zero-order valence-electron chi connectivity index (χ0n) is 13.5. The Morgan fingerprint density at radius 2 is 2.18 bits per heavy atom. The van der Waals surface area contributed by atoms with Crippen LogP contribution in [0.1, 0.15) is 38.7 Å². The highest BCUT2D eigenvalue weighted by Crippen LogP contribution is 2.42. The van der Waals surface area contributed by atoms with Crippen LogP contribution in [0.2, 0.25) is 0 Å². The van der Waals surface area contributed by atoms with E-state index in [1.165, 1.54) is 10.5 Å². The van der Waals surface area contributed by atoms with Gasteiger partial charge in [-0.25, -0.2) is 4.79 Å². The molecule has 0 saturated heterocycles. The first kappa shape index (κ1) is 17.2. The Hall–Kier alpha value is -1.20. The van der Waals surface area contributed by atoms with E-state index in [2.05, 4.69) is 29.6 Å². The molecule has 1 aromatic rings. The first-order valence-electron chi connectivity index (χ1n) is 7.68. The number of aliphatic hydroxyl groups excluding tert-OH is 1. The van der Waals surface area contributed by atoms with Crippen molar-refractivity contribution in [3.05, 3.63) is 29.8 Å². The number of fused-ring (bicyclic) bond motifs is 1. The monoisotopic (exact) mass is 323 g/mol. The van der Waals surface area contributed by atoms with E-state index in [1.807, 2.05) is 32.5 Å².